The minimum Gasteiger partial charge on any atom is -0.393 e. The molecule has 24 heavy (non-hydrogen) atoms. The van der Waals surface area contributed by atoms with Crippen LogP contribution in [0.1, 0.15) is 54.6 Å². The maximum atomic E-state index is 12.7. The van der Waals surface area contributed by atoms with Gasteiger partial charge in [0, 0.05) is 24.7 Å². The number of aliphatic hydroxyl groups is 1. The lowest BCUT2D eigenvalue weighted by molar-refractivity contribution is -0.141. The fourth-order valence-corrected chi connectivity index (χ4v) is 3.93. The lowest BCUT2D eigenvalue weighted by Gasteiger charge is -2.37. The van der Waals surface area contributed by atoms with Crippen molar-refractivity contribution < 1.29 is 23.1 Å². The summed E-state index contributed by atoms with van der Waals surface area (Å²) in [6, 6.07) is 1.99. The second kappa shape index (κ2) is 6.70. The highest BCUT2D eigenvalue weighted by molar-refractivity contribution is 5.94. The van der Waals surface area contributed by atoms with Gasteiger partial charge in [0.05, 0.1) is 11.7 Å². The lowest BCUT2D eigenvalue weighted by atomic mass is 9.80. The van der Waals surface area contributed by atoms with E-state index in [1.54, 1.807) is 4.90 Å². The molecule has 0 bridgehead atoms. The number of nitrogens with zero attached hydrogens (tertiary/aromatic N) is 2. The molecule has 2 heterocycles. The molecule has 3 atom stereocenters. The van der Waals surface area contributed by atoms with E-state index in [4.69, 9.17) is 0 Å². The average molecular weight is 342 g/mol. The maximum Gasteiger partial charge on any atom is 0.433 e. The maximum absolute atomic E-state index is 12.7. The Hall–Kier alpha value is -1.63. The first-order valence-corrected chi connectivity index (χ1v) is 8.40. The molecule has 1 N–H and O–H groups in total. The van der Waals surface area contributed by atoms with Gasteiger partial charge in [0.2, 0.25) is 0 Å². The summed E-state index contributed by atoms with van der Waals surface area (Å²) in [5.74, 6) is -0.232. The molecule has 132 valence electrons. The summed E-state index contributed by atoms with van der Waals surface area (Å²) in [7, 11) is 0. The number of aromatic nitrogens is 1. The minimum atomic E-state index is -4.51. The van der Waals surface area contributed by atoms with E-state index in [2.05, 4.69) is 4.98 Å². The minimum absolute atomic E-state index is 0.0323. The number of pyridine rings is 1. The number of carbonyl (C=O) groups is 1. The van der Waals surface area contributed by atoms with Gasteiger partial charge in [0.15, 0.2) is 0 Å². The van der Waals surface area contributed by atoms with Gasteiger partial charge in [0.25, 0.3) is 5.91 Å². The van der Waals surface area contributed by atoms with Crippen LogP contribution < -0.4 is 0 Å². The second-order valence-corrected chi connectivity index (χ2v) is 6.65. The number of halogens is 3. The van der Waals surface area contributed by atoms with E-state index in [1.807, 2.05) is 0 Å². The van der Waals surface area contributed by atoms with Crippen molar-refractivity contribution in [1.82, 2.24) is 9.88 Å². The summed E-state index contributed by atoms with van der Waals surface area (Å²) >= 11 is 0. The van der Waals surface area contributed by atoms with Crippen LogP contribution in [0.2, 0.25) is 0 Å². The van der Waals surface area contributed by atoms with Gasteiger partial charge in [-0.25, -0.2) is 0 Å². The van der Waals surface area contributed by atoms with Crippen molar-refractivity contribution in [3.05, 3.63) is 29.6 Å². The van der Waals surface area contributed by atoms with Gasteiger partial charge >= 0.3 is 6.18 Å². The Labute approximate surface area is 138 Å². The molecule has 3 rings (SSSR count). The zero-order valence-electron chi connectivity index (χ0n) is 13.3. The van der Waals surface area contributed by atoms with E-state index in [9.17, 15) is 23.1 Å². The summed E-state index contributed by atoms with van der Waals surface area (Å²) in [4.78, 5) is 17.8. The first-order chi connectivity index (χ1) is 11.4. The van der Waals surface area contributed by atoms with Crippen LogP contribution in [-0.4, -0.2) is 39.6 Å². The van der Waals surface area contributed by atoms with Crippen molar-refractivity contribution in [3.63, 3.8) is 0 Å². The van der Waals surface area contributed by atoms with Crippen molar-refractivity contribution in [3.8, 4) is 0 Å². The summed E-state index contributed by atoms with van der Waals surface area (Å²) in [6.45, 7) is 0.577. The molecule has 0 spiro atoms. The van der Waals surface area contributed by atoms with E-state index in [0.717, 1.165) is 50.8 Å². The van der Waals surface area contributed by atoms with Gasteiger partial charge in [-0.2, -0.15) is 13.2 Å². The second-order valence-electron chi connectivity index (χ2n) is 6.65. The Kier molecular flexibility index (Phi) is 4.80. The molecule has 4 nitrogen and oxygen atoms in total. The fourth-order valence-electron chi connectivity index (χ4n) is 3.93. The SMILES string of the molecule is O=C(c1ccc(C(F)(F)F)nc1)N1CCC[C@@H]1[C@@H]1CCCC[C@H]1O. The third-order valence-electron chi connectivity index (χ3n) is 5.14. The largest absolute Gasteiger partial charge is 0.433 e. The molecule has 7 heteroatoms. The third kappa shape index (κ3) is 3.41. The van der Waals surface area contributed by atoms with E-state index in [-0.39, 0.29) is 23.4 Å². The summed E-state index contributed by atoms with van der Waals surface area (Å²) < 4.78 is 37.8. The quantitative estimate of drug-likeness (QED) is 0.898. The topological polar surface area (TPSA) is 53.4 Å². The number of hydrogen-bond donors (Lipinski definition) is 1. The Morgan fingerprint density at radius 1 is 1.17 bits per heavy atom. The number of hydrogen-bond acceptors (Lipinski definition) is 3. The van der Waals surface area contributed by atoms with Crippen molar-refractivity contribution >= 4 is 5.91 Å². The predicted octanol–water partition coefficient (Wildman–Crippen LogP) is 3.26. The normalized spacial score (nSPS) is 28.2. The van der Waals surface area contributed by atoms with Crippen molar-refractivity contribution in [2.45, 2.75) is 56.8 Å². The number of likely N-dealkylation sites (tertiary alicyclic amines) is 1. The van der Waals surface area contributed by atoms with E-state index < -0.39 is 18.0 Å². The number of amides is 1. The Morgan fingerprint density at radius 3 is 2.54 bits per heavy atom. The van der Waals surface area contributed by atoms with Crippen LogP contribution >= 0.6 is 0 Å². The Balaban J connectivity index is 1.76. The van der Waals surface area contributed by atoms with Crippen molar-refractivity contribution in [2.75, 3.05) is 6.54 Å². The van der Waals surface area contributed by atoms with Gasteiger partial charge < -0.3 is 10.0 Å². The highest BCUT2D eigenvalue weighted by Gasteiger charge is 2.39. The lowest BCUT2D eigenvalue weighted by Crippen LogP contribution is -2.45. The number of carbonyl (C=O) groups excluding carboxylic acids is 1. The number of aliphatic hydroxyl groups excluding tert-OH is 1. The molecule has 0 aromatic carbocycles. The van der Waals surface area contributed by atoms with Crippen molar-refractivity contribution in [2.24, 2.45) is 5.92 Å². The first kappa shape index (κ1) is 17.2. The van der Waals surface area contributed by atoms with Crippen molar-refractivity contribution in [1.29, 1.82) is 0 Å². The van der Waals surface area contributed by atoms with Gasteiger partial charge in [0.1, 0.15) is 5.69 Å². The summed E-state index contributed by atoms with van der Waals surface area (Å²) in [5, 5.41) is 10.3. The van der Waals surface area contributed by atoms with E-state index >= 15 is 0 Å². The average Bonchev–Trinajstić information content (AvgIpc) is 3.03. The number of rotatable bonds is 2. The summed E-state index contributed by atoms with van der Waals surface area (Å²) in [6.07, 6.45) is 1.47. The molecule has 1 aromatic rings. The van der Waals surface area contributed by atoms with Crippen LogP contribution in [0, 0.1) is 5.92 Å². The molecule has 2 aliphatic rings. The van der Waals surface area contributed by atoms with Crippen LogP contribution in [0.5, 0.6) is 0 Å². The van der Waals surface area contributed by atoms with Crippen LogP contribution in [0.25, 0.3) is 0 Å². The Bertz CT molecular complexity index is 588. The van der Waals surface area contributed by atoms with Gasteiger partial charge in [-0.15, -0.1) is 0 Å². The summed E-state index contributed by atoms with van der Waals surface area (Å²) in [5.41, 5.74) is -0.833. The predicted molar refractivity (Wildman–Crippen MR) is 81.3 cm³/mol. The molecule has 0 unspecified atom stereocenters. The standard InChI is InChI=1S/C17H21F3N2O2/c18-17(19,20)15-8-7-11(10-21-15)16(24)22-9-3-5-13(22)12-4-1-2-6-14(12)23/h7-8,10,12-14,23H,1-6,9H2/t12-,13+,14+/m0/s1. The van der Waals surface area contributed by atoms with Crippen LogP contribution in [-0.2, 0) is 6.18 Å². The molecule has 1 amide bonds. The molecule has 1 saturated heterocycles. The highest BCUT2D eigenvalue weighted by Crippen LogP contribution is 2.35. The molecule has 1 aliphatic heterocycles. The molecule has 0 radical (unpaired) electrons. The molecular weight excluding hydrogens is 321 g/mol. The van der Waals surface area contributed by atoms with Gasteiger partial charge in [-0.3, -0.25) is 9.78 Å². The highest BCUT2D eigenvalue weighted by atomic mass is 19.4. The first-order valence-electron chi connectivity index (χ1n) is 8.40. The van der Waals surface area contributed by atoms with Crippen LogP contribution in [0.3, 0.4) is 0 Å². The zero-order chi connectivity index (χ0) is 17.3. The number of alkyl halides is 3. The fraction of sp³-hybridized carbons (Fsp3) is 0.647. The van der Waals surface area contributed by atoms with E-state index in [1.165, 1.54) is 6.07 Å². The van der Waals surface area contributed by atoms with Crippen LogP contribution in [0.15, 0.2) is 18.3 Å². The van der Waals surface area contributed by atoms with Gasteiger partial charge in [-0.05, 0) is 37.8 Å². The molecule has 1 aromatic heterocycles. The molecular formula is C17H21F3N2O2. The Morgan fingerprint density at radius 2 is 1.92 bits per heavy atom. The molecule has 2 fully saturated rings. The monoisotopic (exact) mass is 342 g/mol. The zero-order valence-corrected chi connectivity index (χ0v) is 13.3. The van der Waals surface area contributed by atoms with Crippen LogP contribution in [0.4, 0.5) is 13.2 Å². The third-order valence-corrected chi connectivity index (χ3v) is 5.14. The molecule has 1 saturated carbocycles. The molecule has 1 aliphatic carbocycles. The van der Waals surface area contributed by atoms with E-state index in [0.29, 0.717) is 6.54 Å². The van der Waals surface area contributed by atoms with Gasteiger partial charge in [-0.1, -0.05) is 12.8 Å². The smallest absolute Gasteiger partial charge is 0.393 e.